The molecule has 0 radical (unpaired) electrons. The minimum atomic E-state index is -1.22. The van der Waals surface area contributed by atoms with Crippen LogP contribution >= 0.6 is 0 Å². The van der Waals surface area contributed by atoms with Crippen LogP contribution in [0, 0.1) is 0 Å². The minimum absolute atomic E-state index is 0.00150. The molecule has 1 aromatic carbocycles. The molecular weight excluding hydrogens is 366 g/mol. The number of fused-ring (bicyclic) bond motifs is 1. The zero-order chi connectivity index (χ0) is 20.4. The molecule has 0 saturated carbocycles. The van der Waals surface area contributed by atoms with Crippen molar-refractivity contribution in [2.45, 2.75) is 25.6 Å². The number of amides is 1. The van der Waals surface area contributed by atoms with Gasteiger partial charge in [0.1, 0.15) is 23.3 Å². The number of hydrogen-bond acceptors (Lipinski definition) is 7. The SMILES string of the molecule is COC(=O)c1ccc([C@@H](C)NC(=O)C2=NC3CC(O)=CN3C(C(=O)O)=C2)cc1. The van der Waals surface area contributed by atoms with E-state index >= 15 is 0 Å². The summed E-state index contributed by atoms with van der Waals surface area (Å²) >= 11 is 0. The van der Waals surface area contributed by atoms with Crippen LogP contribution in [-0.2, 0) is 14.3 Å². The third-order valence-electron chi connectivity index (χ3n) is 4.47. The Kier molecular flexibility index (Phi) is 5.16. The normalized spacial score (nSPS) is 19.0. The molecule has 2 aliphatic rings. The average Bonchev–Trinajstić information content (AvgIpc) is 3.06. The van der Waals surface area contributed by atoms with Gasteiger partial charge in [-0.25, -0.2) is 9.59 Å². The van der Waals surface area contributed by atoms with Crippen molar-refractivity contribution >= 4 is 23.6 Å². The fourth-order valence-corrected chi connectivity index (χ4v) is 3.00. The smallest absolute Gasteiger partial charge is 0.352 e. The summed E-state index contributed by atoms with van der Waals surface area (Å²) in [6.07, 6.45) is 1.95. The summed E-state index contributed by atoms with van der Waals surface area (Å²) < 4.78 is 4.65. The van der Waals surface area contributed by atoms with Crippen molar-refractivity contribution < 1.29 is 29.3 Å². The highest BCUT2D eigenvalue weighted by atomic mass is 16.5. The quantitative estimate of drug-likeness (QED) is 0.655. The molecule has 0 aliphatic carbocycles. The molecule has 9 heteroatoms. The Labute approximate surface area is 160 Å². The summed E-state index contributed by atoms with van der Waals surface area (Å²) in [6.45, 7) is 1.76. The van der Waals surface area contributed by atoms with E-state index in [2.05, 4.69) is 15.0 Å². The molecule has 2 atom stereocenters. The molecule has 0 bridgehead atoms. The van der Waals surface area contributed by atoms with Crippen molar-refractivity contribution in [3.8, 4) is 0 Å². The number of carboxylic acid groups (broad SMARTS) is 1. The van der Waals surface area contributed by atoms with Crippen molar-refractivity contribution in [3.63, 3.8) is 0 Å². The number of carbonyl (C=O) groups excluding carboxylic acids is 2. The number of nitrogens with one attached hydrogen (secondary N) is 1. The minimum Gasteiger partial charge on any atom is -0.511 e. The van der Waals surface area contributed by atoms with Crippen LogP contribution in [0.15, 0.2) is 53.0 Å². The Bertz CT molecular complexity index is 916. The molecule has 0 aromatic heterocycles. The first kappa shape index (κ1) is 19.2. The van der Waals surface area contributed by atoms with E-state index in [9.17, 15) is 24.6 Å². The lowest BCUT2D eigenvalue weighted by Gasteiger charge is -2.27. The number of aliphatic hydroxyl groups excluding tert-OH is 1. The zero-order valence-corrected chi connectivity index (χ0v) is 15.2. The number of ether oxygens (including phenoxy) is 1. The zero-order valence-electron chi connectivity index (χ0n) is 15.2. The Balaban J connectivity index is 1.74. The highest BCUT2D eigenvalue weighted by Crippen LogP contribution is 2.28. The Hall–Kier alpha value is -3.62. The van der Waals surface area contributed by atoms with Crippen molar-refractivity contribution in [1.82, 2.24) is 10.2 Å². The van der Waals surface area contributed by atoms with E-state index in [1.165, 1.54) is 24.3 Å². The van der Waals surface area contributed by atoms with Gasteiger partial charge >= 0.3 is 11.9 Å². The second-order valence-electron chi connectivity index (χ2n) is 6.37. The lowest BCUT2D eigenvalue weighted by Crippen LogP contribution is -2.39. The van der Waals surface area contributed by atoms with Crippen molar-refractivity contribution in [3.05, 3.63) is 59.1 Å². The Morgan fingerprint density at radius 3 is 2.57 bits per heavy atom. The fourth-order valence-electron chi connectivity index (χ4n) is 3.00. The van der Waals surface area contributed by atoms with Gasteiger partial charge in [0, 0.05) is 18.7 Å². The van der Waals surface area contributed by atoms with Crippen molar-refractivity contribution in [1.29, 1.82) is 0 Å². The van der Waals surface area contributed by atoms with E-state index in [4.69, 9.17) is 0 Å². The third-order valence-corrected chi connectivity index (χ3v) is 4.47. The third kappa shape index (κ3) is 3.73. The first-order chi connectivity index (χ1) is 13.3. The van der Waals surface area contributed by atoms with E-state index in [-0.39, 0.29) is 23.6 Å². The predicted octanol–water partition coefficient (Wildman–Crippen LogP) is 1.50. The van der Waals surface area contributed by atoms with Gasteiger partial charge in [0.2, 0.25) is 0 Å². The number of hydrogen-bond donors (Lipinski definition) is 3. The van der Waals surface area contributed by atoms with Crippen molar-refractivity contribution in [2.75, 3.05) is 7.11 Å². The number of nitrogens with zero attached hydrogens (tertiary/aromatic N) is 2. The number of benzene rings is 1. The topological polar surface area (TPSA) is 129 Å². The maximum absolute atomic E-state index is 12.6. The number of carboxylic acids is 1. The van der Waals surface area contributed by atoms with Gasteiger partial charge in [0.25, 0.3) is 5.91 Å². The van der Waals surface area contributed by atoms with Crippen LogP contribution in [0.2, 0.25) is 0 Å². The number of methoxy groups -OCH3 is 1. The van der Waals surface area contributed by atoms with Gasteiger partial charge < -0.3 is 25.2 Å². The first-order valence-electron chi connectivity index (χ1n) is 8.50. The second kappa shape index (κ2) is 7.55. The maximum atomic E-state index is 12.6. The predicted molar refractivity (Wildman–Crippen MR) is 98.4 cm³/mol. The number of rotatable bonds is 5. The number of aliphatic imine (C=N–C) groups is 1. The number of aliphatic carboxylic acids is 1. The van der Waals surface area contributed by atoms with Gasteiger partial charge in [-0.05, 0) is 24.6 Å². The highest BCUT2D eigenvalue weighted by Gasteiger charge is 2.34. The molecule has 0 spiro atoms. The molecule has 2 aliphatic heterocycles. The molecule has 3 N–H and O–H groups in total. The van der Waals surface area contributed by atoms with E-state index in [0.29, 0.717) is 5.56 Å². The summed E-state index contributed by atoms with van der Waals surface area (Å²) in [6, 6.07) is 6.17. The van der Waals surface area contributed by atoms with E-state index < -0.39 is 30.1 Å². The van der Waals surface area contributed by atoms with Gasteiger partial charge in [-0.15, -0.1) is 0 Å². The van der Waals surface area contributed by atoms with E-state index in [1.807, 2.05) is 0 Å². The molecule has 1 unspecified atom stereocenters. The summed E-state index contributed by atoms with van der Waals surface area (Å²) in [5, 5.41) is 21.8. The summed E-state index contributed by atoms with van der Waals surface area (Å²) in [5.41, 5.74) is 0.981. The molecule has 28 heavy (non-hydrogen) atoms. The van der Waals surface area contributed by atoms with Gasteiger partial charge in [-0.2, -0.15) is 0 Å². The van der Waals surface area contributed by atoms with E-state index in [0.717, 1.165) is 5.56 Å². The molecule has 0 saturated heterocycles. The Morgan fingerprint density at radius 1 is 1.29 bits per heavy atom. The number of aliphatic hydroxyl groups is 1. The highest BCUT2D eigenvalue weighted by molar-refractivity contribution is 6.44. The molecule has 3 rings (SSSR count). The van der Waals surface area contributed by atoms with Crippen LogP contribution in [0.3, 0.4) is 0 Å². The first-order valence-corrected chi connectivity index (χ1v) is 8.50. The molecule has 0 fully saturated rings. The molecule has 146 valence electrons. The van der Waals surface area contributed by atoms with Crippen LogP contribution in [0.4, 0.5) is 0 Å². The maximum Gasteiger partial charge on any atom is 0.352 e. The molecule has 1 aromatic rings. The van der Waals surface area contributed by atoms with Crippen molar-refractivity contribution in [2.24, 2.45) is 4.99 Å². The van der Waals surface area contributed by atoms with Gasteiger partial charge in [-0.1, -0.05) is 12.1 Å². The van der Waals surface area contributed by atoms with E-state index in [1.54, 1.807) is 31.2 Å². The standard InChI is InChI=1S/C19H19N3O6/c1-10(11-3-5-12(6-4-11)19(27)28-2)20-17(24)14-8-15(18(25)26)22-9-13(23)7-16(22)21-14/h3-6,8-10,16,23H,7H2,1-2H3,(H,20,24)(H,25,26)/t10-,16?/m1/s1. The van der Waals surface area contributed by atoms with Crippen LogP contribution in [-0.4, -0.2) is 51.9 Å². The van der Waals surface area contributed by atoms with Crippen LogP contribution in [0.1, 0.15) is 35.3 Å². The van der Waals surface area contributed by atoms with Gasteiger partial charge in [0.05, 0.1) is 18.7 Å². The molecule has 1 amide bonds. The number of carbonyl (C=O) groups is 3. The Morgan fingerprint density at radius 2 is 1.96 bits per heavy atom. The summed E-state index contributed by atoms with van der Waals surface area (Å²) in [7, 11) is 1.30. The van der Waals surface area contributed by atoms with Crippen LogP contribution in [0.25, 0.3) is 0 Å². The molecular formula is C19H19N3O6. The summed E-state index contributed by atoms with van der Waals surface area (Å²) in [5.74, 6) is -2.21. The number of esters is 1. The second-order valence-corrected chi connectivity index (χ2v) is 6.37. The summed E-state index contributed by atoms with van der Waals surface area (Å²) in [4.78, 5) is 41.1. The molecule has 2 heterocycles. The lowest BCUT2D eigenvalue weighted by atomic mass is 10.1. The van der Waals surface area contributed by atoms with Crippen LogP contribution < -0.4 is 5.32 Å². The molecule has 9 nitrogen and oxygen atoms in total. The average molecular weight is 385 g/mol. The monoisotopic (exact) mass is 385 g/mol. The van der Waals surface area contributed by atoms with Gasteiger partial charge in [-0.3, -0.25) is 9.79 Å². The lowest BCUT2D eigenvalue weighted by molar-refractivity contribution is -0.134. The fraction of sp³-hybridized carbons (Fsp3) is 0.263. The van der Waals surface area contributed by atoms with Crippen LogP contribution in [0.5, 0.6) is 0 Å². The van der Waals surface area contributed by atoms with Gasteiger partial charge in [0.15, 0.2) is 0 Å². The largest absolute Gasteiger partial charge is 0.511 e.